The van der Waals surface area contributed by atoms with Gasteiger partial charge in [-0.2, -0.15) is 0 Å². The van der Waals surface area contributed by atoms with Gasteiger partial charge in [0, 0.05) is 9.35 Å². The van der Waals surface area contributed by atoms with Crippen LogP contribution in [0.15, 0.2) is 14.3 Å². The van der Waals surface area contributed by atoms with Crippen molar-refractivity contribution in [3.8, 4) is 0 Å². The van der Waals surface area contributed by atoms with E-state index in [0.29, 0.717) is 0 Å². The number of carbonyl (C=O) groups is 1. The average molecular weight is 300 g/mol. The third-order valence-corrected chi connectivity index (χ3v) is 4.28. The van der Waals surface area contributed by atoms with Crippen molar-refractivity contribution >= 4 is 49.2 Å². The molecule has 0 spiro atoms. The minimum atomic E-state index is -0.800. The molecule has 60 valence electrons. The van der Waals surface area contributed by atoms with Gasteiger partial charge in [0.05, 0.1) is 10.2 Å². The van der Waals surface area contributed by atoms with Gasteiger partial charge in [-0.3, -0.25) is 4.79 Å². The highest BCUT2D eigenvalue weighted by Gasteiger charge is 2.06. The molecule has 11 heavy (non-hydrogen) atoms. The molecule has 1 N–H and O–H groups in total. The van der Waals surface area contributed by atoms with Crippen molar-refractivity contribution in [3.63, 3.8) is 0 Å². The van der Waals surface area contributed by atoms with Gasteiger partial charge in [0.25, 0.3) is 0 Å². The molecule has 0 aromatic carbocycles. The molecule has 0 aliphatic carbocycles. The number of carboxylic acids is 1. The van der Waals surface area contributed by atoms with Crippen molar-refractivity contribution in [2.24, 2.45) is 0 Å². The van der Waals surface area contributed by atoms with Crippen LogP contribution in [0.1, 0.15) is 4.88 Å². The van der Waals surface area contributed by atoms with E-state index in [4.69, 9.17) is 5.11 Å². The van der Waals surface area contributed by atoms with Crippen LogP contribution >= 0.6 is 43.2 Å². The summed E-state index contributed by atoms with van der Waals surface area (Å²) in [6.45, 7) is 0. The first-order chi connectivity index (χ1) is 5.09. The smallest absolute Gasteiger partial charge is 0.308 e. The summed E-state index contributed by atoms with van der Waals surface area (Å²) >= 11 is 7.99. The molecular weight excluding hydrogens is 296 g/mol. The maximum atomic E-state index is 10.3. The fourth-order valence-electron chi connectivity index (χ4n) is 0.628. The standard InChI is InChI=1S/C6H4Br2O2S/c7-4-1-3(2-5(9)10)11-6(4)8/h1H,2H2,(H,9,10). The number of halogens is 2. The maximum absolute atomic E-state index is 10.3. The summed E-state index contributed by atoms with van der Waals surface area (Å²) in [4.78, 5) is 11.1. The van der Waals surface area contributed by atoms with E-state index in [1.54, 1.807) is 0 Å². The van der Waals surface area contributed by atoms with Crippen molar-refractivity contribution in [1.29, 1.82) is 0 Å². The molecule has 0 aliphatic rings. The van der Waals surface area contributed by atoms with E-state index in [9.17, 15) is 4.79 Å². The second-order valence-electron chi connectivity index (χ2n) is 1.90. The number of rotatable bonds is 2. The Kier molecular flexibility index (Phi) is 3.09. The van der Waals surface area contributed by atoms with E-state index in [1.807, 2.05) is 6.07 Å². The summed E-state index contributed by atoms with van der Waals surface area (Å²) in [5, 5.41) is 8.44. The van der Waals surface area contributed by atoms with Gasteiger partial charge in [0.15, 0.2) is 0 Å². The van der Waals surface area contributed by atoms with Gasteiger partial charge < -0.3 is 5.11 Å². The third kappa shape index (κ3) is 2.57. The van der Waals surface area contributed by atoms with Crippen LogP contribution in [0.4, 0.5) is 0 Å². The largest absolute Gasteiger partial charge is 0.481 e. The Hall–Kier alpha value is 0.130. The van der Waals surface area contributed by atoms with Crippen molar-refractivity contribution in [3.05, 3.63) is 19.2 Å². The van der Waals surface area contributed by atoms with Gasteiger partial charge in [-0.15, -0.1) is 11.3 Å². The summed E-state index contributed by atoms with van der Waals surface area (Å²) in [6.07, 6.45) is 0.0921. The van der Waals surface area contributed by atoms with Gasteiger partial charge >= 0.3 is 5.97 Å². The number of carboxylic acid groups (broad SMARTS) is 1. The highest BCUT2D eigenvalue weighted by atomic mass is 79.9. The zero-order valence-corrected chi connectivity index (χ0v) is 9.29. The van der Waals surface area contributed by atoms with Crippen LogP contribution in [0.3, 0.4) is 0 Å². The summed E-state index contributed by atoms with van der Waals surface area (Å²) in [6, 6.07) is 1.81. The van der Waals surface area contributed by atoms with Crippen LogP contribution in [0, 0.1) is 0 Å². The SMILES string of the molecule is O=C(O)Cc1cc(Br)c(Br)s1. The minimum Gasteiger partial charge on any atom is -0.481 e. The quantitative estimate of drug-likeness (QED) is 0.912. The lowest BCUT2D eigenvalue weighted by atomic mass is 10.3. The van der Waals surface area contributed by atoms with E-state index >= 15 is 0 Å². The van der Waals surface area contributed by atoms with Crippen LogP contribution in [-0.2, 0) is 11.2 Å². The second-order valence-corrected chi connectivity index (χ2v) is 5.21. The van der Waals surface area contributed by atoms with Crippen LogP contribution < -0.4 is 0 Å². The van der Waals surface area contributed by atoms with Gasteiger partial charge in [0.1, 0.15) is 0 Å². The Morgan fingerprint density at radius 3 is 2.64 bits per heavy atom. The lowest BCUT2D eigenvalue weighted by Gasteiger charge is -1.85. The number of hydrogen-bond donors (Lipinski definition) is 1. The van der Waals surface area contributed by atoms with E-state index < -0.39 is 5.97 Å². The monoisotopic (exact) mass is 298 g/mol. The average Bonchev–Trinajstić information content (AvgIpc) is 2.10. The molecule has 1 aromatic rings. The first-order valence-corrected chi connectivity index (χ1v) is 5.15. The first-order valence-electron chi connectivity index (χ1n) is 2.75. The predicted octanol–water partition coefficient (Wildman–Crippen LogP) is 2.90. The van der Waals surface area contributed by atoms with Gasteiger partial charge in [-0.05, 0) is 37.9 Å². The second kappa shape index (κ2) is 3.69. The Labute approximate surface area is 84.5 Å². The van der Waals surface area contributed by atoms with E-state index in [2.05, 4.69) is 31.9 Å². The molecule has 0 aliphatic heterocycles. The molecule has 0 bridgehead atoms. The van der Waals surface area contributed by atoms with E-state index in [0.717, 1.165) is 13.1 Å². The highest BCUT2D eigenvalue weighted by Crippen LogP contribution is 2.32. The summed E-state index contributed by atoms with van der Waals surface area (Å²) in [5.74, 6) is -0.800. The molecule has 0 saturated carbocycles. The molecule has 0 atom stereocenters. The molecule has 2 nitrogen and oxygen atoms in total. The molecule has 0 saturated heterocycles. The summed E-state index contributed by atoms with van der Waals surface area (Å²) < 4.78 is 1.85. The van der Waals surface area contributed by atoms with Crippen molar-refractivity contribution < 1.29 is 9.90 Å². The minimum absolute atomic E-state index is 0.0921. The molecule has 1 aromatic heterocycles. The topological polar surface area (TPSA) is 37.3 Å². The van der Waals surface area contributed by atoms with Crippen LogP contribution in [0.5, 0.6) is 0 Å². The van der Waals surface area contributed by atoms with Crippen molar-refractivity contribution in [2.45, 2.75) is 6.42 Å². The molecule has 1 rings (SSSR count). The molecule has 0 amide bonds. The van der Waals surface area contributed by atoms with E-state index in [1.165, 1.54) is 11.3 Å². The van der Waals surface area contributed by atoms with Crippen LogP contribution in [0.2, 0.25) is 0 Å². The lowest BCUT2D eigenvalue weighted by molar-refractivity contribution is -0.136. The molecule has 5 heteroatoms. The molecule has 0 unspecified atom stereocenters. The van der Waals surface area contributed by atoms with Gasteiger partial charge in [-0.25, -0.2) is 0 Å². The Morgan fingerprint density at radius 2 is 2.27 bits per heavy atom. The molecule has 1 heterocycles. The van der Waals surface area contributed by atoms with Crippen molar-refractivity contribution in [2.75, 3.05) is 0 Å². The fourth-order valence-corrected chi connectivity index (χ4v) is 2.80. The normalized spacial score (nSPS) is 10.0. The molecular formula is C6H4Br2O2S. The van der Waals surface area contributed by atoms with Gasteiger partial charge in [-0.1, -0.05) is 0 Å². The Balaban J connectivity index is 2.81. The number of thiophene rings is 1. The lowest BCUT2D eigenvalue weighted by Crippen LogP contribution is -1.96. The summed E-state index contributed by atoms with van der Waals surface area (Å²) in [5.41, 5.74) is 0. The Morgan fingerprint density at radius 1 is 1.64 bits per heavy atom. The number of hydrogen-bond acceptors (Lipinski definition) is 2. The highest BCUT2D eigenvalue weighted by molar-refractivity contribution is 9.13. The molecule has 0 fully saturated rings. The van der Waals surface area contributed by atoms with Gasteiger partial charge in [0.2, 0.25) is 0 Å². The van der Waals surface area contributed by atoms with E-state index in [-0.39, 0.29) is 6.42 Å². The van der Waals surface area contributed by atoms with Crippen LogP contribution in [-0.4, -0.2) is 11.1 Å². The summed E-state index contributed by atoms with van der Waals surface area (Å²) in [7, 11) is 0. The maximum Gasteiger partial charge on any atom is 0.308 e. The van der Waals surface area contributed by atoms with Crippen LogP contribution in [0.25, 0.3) is 0 Å². The predicted molar refractivity (Wildman–Crippen MR) is 51.1 cm³/mol. The number of aliphatic carboxylic acids is 1. The zero-order valence-electron chi connectivity index (χ0n) is 5.30. The first kappa shape index (κ1) is 9.22. The van der Waals surface area contributed by atoms with Crippen molar-refractivity contribution in [1.82, 2.24) is 0 Å². The molecule has 0 radical (unpaired) electrons. The Bertz CT molecular complexity index is 263. The fraction of sp³-hybridized carbons (Fsp3) is 0.167. The third-order valence-electron chi connectivity index (χ3n) is 1.02. The zero-order chi connectivity index (χ0) is 8.43.